The predicted molar refractivity (Wildman–Crippen MR) is 68.0 cm³/mol. The van der Waals surface area contributed by atoms with Gasteiger partial charge in [-0.15, -0.1) is 0 Å². The van der Waals surface area contributed by atoms with Crippen LogP contribution >= 0.6 is 0 Å². The van der Waals surface area contributed by atoms with Gasteiger partial charge in [-0.05, 0) is 29.9 Å². The van der Waals surface area contributed by atoms with Gasteiger partial charge in [-0.2, -0.15) is 5.10 Å². The molecule has 16 heavy (non-hydrogen) atoms. The lowest BCUT2D eigenvalue weighted by Crippen LogP contribution is -1.98. The second-order valence-corrected chi connectivity index (χ2v) is 4.82. The molecule has 86 valence electrons. The van der Waals surface area contributed by atoms with Crippen molar-refractivity contribution < 1.29 is 0 Å². The molecule has 0 saturated heterocycles. The first-order valence-corrected chi connectivity index (χ1v) is 6.11. The molecule has 0 aliphatic heterocycles. The highest BCUT2D eigenvalue weighted by Gasteiger charge is 2.14. The summed E-state index contributed by atoms with van der Waals surface area (Å²) in [6.07, 6.45) is 5.21. The first kappa shape index (κ1) is 11.2. The second kappa shape index (κ2) is 4.28. The van der Waals surface area contributed by atoms with E-state index in [2.05, 4.69) is 44.9 Å². The Hall–Kier alpha value is -1.31. The molecule has 0 bridgehead atoms. The first-order valence-electron chi connectivity index (χ1n) is 6.11. The Bertz CT molecular complexity index is 482. The minimum Gasteiger partial charge on any atom is -0.240 e. The average molecular weight is 216 g/mol. The average Bonchev–Trinajstić information content (AvgIpc) is 2.71. The molecule has 2 aromatic rings. The van der Waals surface area contributed by atoms with Crippen LogP contribution in [0.5, 0.6) is 0 Å². The Morgan fingerprint density at radius 3 is 2.62 bits per heavy atom. The fraction of sp³-hybridized carbons (Fsp3) is 0.500. The van der Waals surface area contributed by atoms with Gasteiger partial charge in [-0.1, -0.05) is 33.8 Å². The largest absolute Gasteiger partial charge is 0.240 e. The molecule has 0 spiro atoms. The number of nitrogens with zero attached hydrogens (tertiary/aromatic N) is 2. The zero-order chi connectivity index (χ0) is 11.7. The van der Waals surface area contributed by atoms with Gasteiger partial charge < -0.3 is 0 Å². The van der Waals surface area contributed by atoms with Gasteiger partial charge in [0.1, 0.15) is 0 Å². The van der Waals surface area contributed by atoms with Crippen LogP contribution in [-0.2, 0) is 0 Å². The number of fused-ring (bicyclic) bond motifs is 1. The highest BCUT2D eigenvalue weighted by atomic mass is 15.2. The highest BCUT2D eigenvalue weighted by molar-refractivity contribution is 5.62. The smallest absolute Gasteiger partial charge is 0.0730 e. The monoisotopic (exact) mass is 216 g/mol. The SMILES string of the molecule is CCC(C)c1cccn2ncc(C(C)C)c12. The minimum atomic E-state index is 0.530. The summed E-state index contributed by atoms with van der Waals surface area (Å²) in [5.41, 5.74) is 4.09. The Labute approximate surface area is 97.3 Å². The van der Waals surface area contributed by atoms with Crippen LogP contribution in [0.4, 0.5) is 0 Å². The lowest BCUT2D eigenvalue weighted by molar-refractivity contribution is 0.731. The quantitative estimate of drug-likeness (QED) is 0.758. The standard InChI is InChI=1S/C14H20N2/c1-5-11(4)12-7-6-8-16-14(12)13(9-15-16)10(2)3/h6-11H,5H2,1-4H3. The Balaban J connectivity index is 2.68. The molecule has 0 fully saturated rings. The van der Waals surface area contributed by atoms with E-state index in [9.17, 15) is 0 Å². The summed E-state index contributed by atoms with van der Waals surface area (Å²) in [5.74, 6) is 1.13. The summed E-state index contributed by atoms with van der Waals surface area (Å²) in [4.78, 5) is 0. The molecule has 0 radical (unpaired) electrons. The van der Waals surface area contributed by atoms with Crippen LogP contribution in [0.1, 0.15) is 57.1 Å². The van der Waals surface area contributed by atoms with Crippen molar-refractivity contribution in [2.75, 3.05) is 0 Å². The van der Waals surface area contributed by atoms with Crippen molar-refractivity contribution in [3.8, 4) is 0 Å². The lowest BCUT2D eigenvalue weighted by atomic mass is 9.94. The van der Waals surface area contributed by atoms with Crippen molar-refractivity contribution in [3.05, 3.63) is 35.7 Å². The van der Waals surface area contributed by atoms with Crippen molar-refractivity contribution in [3.63, 3.8) is 0 Å². The number of rotatable bonds is 3. The van der Waals surface area contributed by atoms with Gasteiger partial charge in [-0.3, -0.25) is 0 Å². The molecule has 2 aromatic heterocycles. The van der Waals surface area contributed by atoms with Crippen LogP contribution in [0.2, 0.25) is 0 Å². The summed E-state index contributed by atoms with van der Waals surface area (Å²) >= 11 is 0. The third-order valence-corrected chi connectivity index (χ3v) is 3.37. The Morgan fingerprint density at radius 2 is 2.00 bits per heavy atom. The van der Waals surface area contributed by atoms with Crippen LogP contribution in [0.15, 0.2) is 24.5 Å². The van der Waals surface area contributed by atoms with E-state index in [1.165, 1.54) is 23.1 Å². The van der Waals surface area contributed by atoms with Crippen molar-refractivity contribution in [2.45, 2.75) is 46.0 Å². The second-order valence-electron chi connectivity index (χ2n) is 4.82. The summed E-state index contributed by atoms with van der Waals surface area (Å²) in [5, 5.41) is 4.43. The van der Waals surface area contributed by atoms with E-state index < -0.39 is 0 Å². The Morgan fingerprint density at radius 1 is 1.25 bits per heavy atom. The molecular formula is C14H20N2. The predicted octanol–water partition coefficient (Wildman–Crippen LogP) is 3.97. The van der Waals surface area contributed by atoms with Crippen molar-refractivity contribution >= 4 is 5.52 Å². The fourth-order valence-corrected chi connectivity index (χ4v) is 2.13. The molecule has 0 N–H and O–H groups in total. The van der Waals surface area contributed by atoms with Gasteiger partial charge in [-0.25, -0.2) is 4.52 Å². The van der Waals surface area contributed by atoms with Gasteiger partial charge in [0.05, 0.1) is 11.7 Å². The number of aromatic nitrogens is 2. The molecule has 2 rings (SSSR count). The fourth-order valence-electron chi connectivity index (χ4n) is 2.13. The van der Waals surface area contributed by atoms with Crippen LogP contribution < -0.4 is 0 Å². The van der Waals surface area contributed by atoms with Gasteiger partial charge in [0.15, 0.2) is 0 Å². The van der Waals surface area contributed by atoms with Crippen molar-refractivity contribution in [1.82, 2.24) is 9.61 Å². The highest BCUT2D eigenvalue weighted by Crippen LogP contribution is 2.29. The molecule has 0 aliphatic rings. The van der Waals surface area contributed by atoms with Gasteiger partial charge in [0, 0.05) is 11.8 Å². The zero-order valence-electron chi connectivity index (χ0n) is 10.6. The van der Waals surface area contributed by atoms with E-state index in [-0.39, 0.29) is 0 Å². The molecule has 2 nitrogen and oxygen atoms in total. The maximum Gasteiger partial charge on any atom is 0.0730 e. The van der Waals surface area contributed by atoms with Crippen molar-refractivity contribution in [2.24, 2.45) is 0 Å². The van der Waals surface area contributed by atoms with Crippen LogP contribution in [0.25, 0.3) is 5.52 Å². The Kier molecular flexibility index (Phi) is 2.99. The summed E-state index contributed by atoms with van der Waals surface area (Å²) in [6, 6.07) is 4.32. The van der Waals surface area contributed by atoms with E-state index in [1.54, 1.807) is 0 Å². The summed E-state index contributed by atoms with van der Waals surface area (Å²) in [6.45, 7) is 8.97. The molecule has 0 amide bonds. The van der Waals surface area contributed by atoms with E-state index in [4.69, 9.17) is 0 Å². The van der Waals surface area contributed by atoms with Crippen molar-refractivity contribution in [1.29, 1.82) is 0 Å². The number of hydrogen-bond acceptors (Lipinski definition) is 1. The topological polar surface area (TPSA) is 17.3 Å². The van der Waals surface area contributed by atoms with Crippen LogP contribution in [-0.4, -0.2) is 9.61 Å². The molecule has 0 aliphatic carbocycles. The first-order chi connectivity index (χ1) is 7.65. The van der Waals surface area contributed by atoms with Crippen LogP contribution in [0, 0.1) is 0 Å². The molecule has 2 heterocycles. The normalized spacial score (nSPS) is 13.6. The number of pyridine rings is 1. The molecular weight excluding hydrogens is 196 g/mol. The van der Waals surface area contributed by atoms with E-state index in [0.717, 1.165) is 0 Å². The number of hydrogen-bond donors (Lipinski definition) is 0. The third-order valence-electron chi connectivity index (χ3n) is 3.37. The zero-order valence-corrected chi connectivity index (χ0v) is 10.6. The van der Waals surface area contributed by atoms with Crippen LogP contribution in [0.3, 0.4) is 0 Å². The maximum atomic E-state index is 4.43. The molecule has 2 heteroatoms. The lowest BCUT2D eigenvalue weighted by Gasteiger charge is -2.13. The summed E-state index contributed by atoms with van der Waals surface area (Å²) < 4.78 is 2.01. The maximum absolute atomic E-state index is 4.43. The third kappa shape index (κ3) is 1.73. The summed E-state index contributed by atoms with van der Waals surface area (Å²) in [7, 11) is 0. The minimum absolute atomic E-state index is 0.530. The van der Waals surface area contributed by atoms with Gasteiger partial charge in [0.2, 0.25) is 0 Å². The molecule has 1 atom stereocenters. The van der Waals surface area contributed by atoms with Gasteiger partial charge in [0.25, 0.3) is 0 Å². The molecule has 0 aromatic carbocycles. The molecule has 0 saturated carbocycles. The van der Waals surface area contributed by atoms with Gasteiger partial charge >= 0.3 is 0 Å². The van der Waals surface area contributed by atoms with E-state index >= 15 is 0 Å². The van der Waals surface area contributed by atoms with E-state index in [0.29, 0.717) is 11.8 Å². The van der Waals surface area contributed by atoms with E-state index in [1.807, 2.05) is 16.9 Å². The molecule has 1 unspecified atom stereocenters.